The lowest BCUT2D eigenvalue weighted by Crippen LogP contribution is -1.88. The molecule has 0 atom stereocenters. The van der Waals surface area contributed by atoms with Crippen LogP contribution in [0.3, 0.4) is 0 Å². The van der Waals surface area contributed by atoms with Crippen molar-refractivity contribution < 1.29 is 0 Å². The molecule has 0 radical (unpaired) electrons. The third kappa shape index (κ3) is 11.2. The van der Waals surface area contributed by atoms with Crippen LogP contribution in [0.2, 0.25) is 0 Å². The van der Waals surface area contributed by atoms with Gasteiger partial charge in [0.25, 0.3) is 0 Å². The molecule has 0 saturated carbocycles. The first-order valence-electron chi connectivity index (χ1n) is 6.93. The summed E-state index contributed by atoms with van der Waals surface area (Å²) in [7, 11) is 0. The first kappa shape index (κ1) is 19.0. The Bertz CT molecular complexity index is 303. The Morgan fingerprint density at radius 3 is 2.00 bits per heavy atom. The van der Waals surface area contributed by atoms with Gasteiger partial charge in [0.1, 0.15) is 0 Å². The summed E-state index contributed by atoms with van der Waals surface area (Å²) in [4.78, 5) is 0. The molecule has 0 aliphatic rings. The quantitative estimate of drug-likeness (QED) is 0.562. The van der Waals surface area contributed by atoms with Gasteiger partial charge in [0.2, 0.25) is 0 Å². The molecule has 0 amide bonds. The van der Waals surface area contributed by atoms with E-state index in [0.717, 1.165) is 12.8 Å². The predicted molar refractivity (Wildman–Crippen MR) is 86.2 cm³/mol. The lowest BCUT2D eigenvalue weighted by Gasteiger charge is -2.04. The SMILES string of the molecule is C=C(CCC)Cc1ccc(C)cc1.C=CC.CC. The average molecular weight is 246 g/mol. The number of allylic oxidation sites excluding steroid dienone is 2. The van der Waals surface area contributed by atoms with Gasteiger partial charge in [-0.1, -0.05) is 75.2 Å². The van der Waals surface area contributed by atoms with Gasteiger partial charge in [-0.15, -0.1) is 6.58 Å². The summed E-state index contributed by atoms with van der Waals surface area (Å²) < 4.78 is 0. The molecule has 18 heavy (non-hydrogen) atoms. The highest BCUT2D eigenvalue weighted by atomic mass is 14.0. The molecule has 1 aromatic rings. The molecule has 1 aromatic carbocycles. The maximum absolute atomic E-state index is 4.06. The molecule has 0 N–H and O–H groups in total. The molecule has 0 heteroatoms. The van der Waals surface area contributed by atoms with Crippen LogP contribution in [0.5, 0.6) is 0 Å². The fraction of sp³-hybridized carbons (Fsp3) is 0.444. The normalized spacial score (nSPS) is 8.28. The molecule has 0 spiro atoms. The van der Waals surface area contributed by atoms with Crippen molar-refractivity contribution in [1.82, 2.24) is 0 Å². The molecule has 0 aromatic heterocycles. The summed E-state index contributed by atoms with van der Waals surface area (Å²) in [5, 5.41) is 0. The second-order valence-corrected chi connectivity index (χ2v) is 4.07. The second kappa shape index (κ2) is 13.8. The van der Waals surface area contributed by atoms with Crippen molar-refractivity contribution in [1.29, 1.82) is 0 Å². The molecule has 0 unspecified atom stereocenters. The van der Waals surface area contributed by atoms with Gasteiger partial charge in [0.15, 0.2) is 0 Å². The van der Waals surface area contributed by atoms with E-state index in [1.807, 2.05) is 20.8 Å². The van der Waals surface area contributed by atoms with Gasteiger partial charge in [-0.3, -0.25) is 0 Å². The molecule has 0 aliphatic heterocycles. The van der Waals surface area contributed by atoms with E-state index in [0.29, 0.717) is 0 Å². The first-order valence-corrected chi connectivity index (χ1v) is 6.93. The van der Waals surface area contributed by atoms with Gasteiger partial charge in [-0.25, -0.2) is 0 Å². The lowest BCUT2D eigenvalue weighted by molar-refractivity contribution is 0.875. The zero-order valence-electron chi connectivity index (χ0n) is 12.9. The van der Waals surface area contributed by atoms with Crippen LogP contribution in [0.15, 0.2) is 49.1 Å². The Kier molecular flexibility index (Phi) is 14.6. The van der Waals surface area contributed by atoms with E-state index in [-0.39, 0.29) is 0 Å². The largest absolute Gasteiger partial charge is 0.103 e. The number of benzene rings is 1. The Labute approximate surface area is 114 Å². The molecule has 0 saturated heterocycles. The van der Waals surface area contributed by atoms with E-state index in [2.05, 4.69) is 51.3 Å². The fourth-order valence-electron chi connectivity index (χ4n) is 1.44. The summed E-state index contributed by atoms with van der Waals surface area (Å²) in [6.45, 7) is 17.6. The smallest absolute Gasteiger partial charge is 0.00698 e. The van der Waals surface area contributed by atoms with E-state index < -0.39 is 0 Å². The van der Waals surface area contributed by atoms with Crippen molar-refractivity contribution in [3.8, 4) is 0 Å². The minimum atomic E-state index is 1.04. The zero-order chi connectivity index (χ0) is 14.4. The number of hydrogen-bond donors (Lipinski definition) is 0. The van der Waals surface area contributed by atoms with E-state index in [1.165, 1.54) is 23.1 Å². The van der Waals surface area contributed by atoms with Crippen molar-refractivity contribution in [3.63, 3.8) is 0 Å². The highest BCUT2D eigenvalue weighted by Crippen LogP contribution is 2.11. The lowest BCUT2D eigenvalue weighted by atomic mass is 10.0. The monoisotopic (exact) mass is 246 g/mol. The van der Waals surface area contributed by atoms with Crippen molar-refractivity contribution in [2.24, 2.45) is 0 Å². The van der Waals surface area contributed by atoms with Gasteiger partial charge in [0.05, 0.1) is 0 Å². The second-order valence-electron chi connectivity index (χ2n) is 4.07. The van der Waals surface area contributed by atoms with Crippen LogP contribution in [0, 0.1) is 6.92 Å². The summed E-state index contributed by atoms with van der Waals surface area (Å²) in [5.74, 6) is 0. The van der Waals surface area contributed by atoms with Gasteiger partial charge < -0.3 is 0 Å². The molecule has 102 valence electrons. The Balaban J connectivity index is 0. The number of aryl methyl sites for hydroxylation is 1. The standard InChI is InChI=1S/C13H18.C3H6.C2H6/c1-4-5-12(3)10-13-8-6-11(2)7-9-13;1-3-2;1-2/h6-9H,3-5,10H2,1-2H3;3H,1H2,2H3;1-2H3. The van der Waals surface area contributed by atoms with Crippen LogP contribution in [0.25, 0.3) is 0 Å². The summed E-state index contributed by atoms with van der Waals surface area (Å²) >= 11 is 0. The van der Waals surface area contributed by atoms with Gasteiger partial charge in [0, 0.05) is 0 Å². The summed E-state index contributed by atoms with van der Waals surface area (Å²) in [6, 6.07) is 8.70. The summed E-state index contributed by atoms with van der Waals surface area (Å²) in [6.07, 6.45) is 5.13. The van der Waals surface area contributed by atoms with Crippen LogP contribution in [0.4, 0.5) is 0 Å². The van der Waals surface area contributed by atoms with Crippen LogP contribution in [-0.2, 0) is 6.42 Å². The molecule has 0 bridgehead atoms. The predicted octanol–water partition coefficient (Wildman–Crippen LogP) is 6.11. The molecular formula is C18H30. The molecule has 0 aliphatic carbocycles. The third-order valence-electron chi connectivity index (χ3n) is 2.18. The Morgan fingerprint density at radius 1 is 1.17 bits per heavy atom. The van der Waals surface area contributed by atoms with Gasteiger partial charge >= 0.3 is 0 Å². The van der Waals surface area contributed by atoms with Crippen molar-refractivity contribution >= 4 is 0 Å². The highest BCUT2D eigenvalue weighted by molar-refractivity contribution is 5.24. The van der Waals surface area contributed by atoms with Crippen molar-refractivity contribution in [2.75, 3.05) is 0 Å². The zero-order valence-corrected chi connectivity index (χ0v) is 12.9. The van der Waals surface area contributed by atoms with Crippen LogP contribution in [-0.4, -0.2) is 0 Å². The maximum Gasteiger partial charge on any atom is -0.00698 e. The van der Waals surface area contributed by atoms with Gasteiger partial charge in [-0.2, -0.15) is 0 Å². The maximum atomic E-state index is 4.06. The van der Waals surface area contributed by atoms with Crippen LogP contribution in [0.1, 0.15) is 51.7 Å². The molecule has 1 rings (SSSR count). The van der Waals surface area contributed by atoms with E-state index in [4.69, 9.17) is 0 Å². The molecule has 0 heterocycles. The minimum absolute atomic E-state index is 1.04. The van der Waals surface area contributed by atoms with E-state index >= 15 is 0 Å². The minimum Gasteiger partial charge on any atom is -0.103 e. The molecular weight excluding hydrogens is 216 g/mol. The van der Waals surface area contributed by atoms with Gasteiger partial charge in [-0.05, 0) is 32.3 Å². The highest BCUT2D eigenvalue weighted by Gasteiger charge is 1.95. The summed E-state index contributed by atoms with van der Waals surface area (Å²) in [5.41, 5.74) is 4.04. The fourth-order valence-corrected chi connectivity index (χ4v) is 1.44. The van der Waals surface area contributed by atoms with E-state index in [9.17, 15) is 0 Å². The topological polar surface area (TPSA) is 0 Å². The van der Waals surface area contributed by atoms with Crippen molar-refractivity contribution in [3.05, 3.63) is 60.2 Å². The molecule has 0 nitrogen and oxygen atoms in total. The Hall–Kier alpha value is -1.30. The van der Waals surface area contributed by atoms with E-state index in [1.54, 1.807) is 6.08 Å². The first-order chi connectivity index (χ1) is 8.63. The van der Waals surface area contributed by atoms with Crippen LogP contribution < -0.4 is 0 Å². The third-order valence-corrected chi connectivity index (χ3v) is 2.18. The van der Waals surface area contributed by atoms with Crippen LogP contribution >= 0.6 is 0 Å². The average Bonchev–Trinajstić information content (AvgIpc) is 2.36. The molecule has 0 fully saturated rings. The van der Waals surface area contributed by atoms with Crippen molar-refractivity contribution in [2.45, 2.75) is 53.9 Å². The number of hydrogen-bond acceptors (Lipinski definition) is 0. The number of rotatable bonds is 4. The Morgan fingerprint density at radius 2 is 1.61 bits per heavy atom.